The van der Waals surface area contributed by atoms with Gasteiger partial charge in [0.05, 0.1) is 0 Å². The third kappa shape index (κ3) is 5.99. The molecule has 1 aromatic rings. The molecule has 0 saturated carbocycles. The van der Waals surface area contributed by atoms with Gasteiger partial charge in [0.15, 0.2) is 0 Å². The lowest BCUT2D eigenvalue weighted by atomic mass is 10.1. The molecule has 0 fully saturated rings. The Balaban J connectivity index is 2.59. The molecule has 0 bridgehead atoms. The quantitative estimate of drug-likeness (QED) is 0.780. The number of nitrogens with one attached hydrogen (secondary N) is 1. The van der Waals surface area contributed by atoms with Crippen LogP contribution in [0.15, 0.2) is 24.3 Å². The summed E-state index contributed by atoms with van der Waals surface area (Å²) in [4.78, 5) is 14.4. The third-order valence-corrected chi connectivity index (χ3v) is 3.26. The van der Waals surface area contributed by atoms with E-state index in [0.29, 0.717) is 5.56 Å². The van der Waals surface area contributed by atoms with Crippen LogP contribution in [0.5, 0.6) is 0 Å². The highest BCUT2D eigenvalue weighted by atomic mass is 16.2. The van der Waals surface area contributed by atoms with Gasteiger partial charge in [-0.1, -0.05) is 25.7 Å². The van der Waals surface area contributed by atoms with Crippen LogP contribution in [-0.4, -0.2) is 48.2 Å². The van der Waals surface area contributed by atoms with Gasteiger partial charge < -0.3 is 15.3 Å². The SMILES string of the molecule is CCN(CC)CC(C)NC(=O)c1ccc(C#CCO)cc1. The third-order valence-electron chi connectivity index (χ3n) is 3.26. The van der Waals surface area contributed by atoms with Gasteiger partial charge in [-0.3, -0.25) is 4.79 Å². The number of hydrogen-bond donors (Lipinski definition) is 2. The molecule has 2 N–H and O–H groups in total. The van der Waals surface area contributed by atoms with Crippen LogP contribution in [0.3, 0.4) is 0 Å². The lowest BCUT2D eigenvalue weighted by Crippen LogP contribution is -2.41. The second-order valence-electron chi connectivity index (χ2n) is 4.90. The largest absolute Gasteiger partial charge is 0.384 e. The number of carbonyl (C=O) groups is 1. The van der Waals surface area contributed by atoms with Crippen molar-refractivity contribution >= 4 is 5.91 Å². The zero-order valence-corrected chi connectivity index (χ0v) is 13.0. The Morgan fingerprint density at radius 1 is 1.29 bits per heavy atom. The number of hydrogen-bond acceptors (Lipinski definition) is 3. The second-order valence-corrected chi connectivity index (χ2v) is 4.90. The highest BCUT2D eigenvalue weighted by Gasteiger charge is 2.11. The summed E-state index contributed by atoms with van der Waals surface area (Å²) in [5.74, 6) is 5.31. The standard InChI is InChI=1S/C17H24N2O2/c1-4-19(5-2)13-14(3)18-17(21)16-10-8-15(9-11-16)7-6-12-20/h8-11,14,20H,4-5,12-13H2,1-3H3,(H,18,21). The zero-order chi connectivity index (χ0) is 15.7. The summed E-state index contributed by atoms with van der Waals surface area (Å²) in [7, 11) is 0. The van der Waals surface area contributed by atoms with Gasteiger partial charge in [0.1, 0.15) is 6.61 Å². The van der Waals surface area contributed by atoms with Gasteiger partial charge in [-0.25, -0.2) is 0 Å². The highest BCUT2D eigenvalue weighted by Crippen LogP contribution is 2.04. The maximum absolute atomic E-state index is 12.1. The number of nitrogens with zero attached hydrogens (tertiary/aromatic N) is 1. The number of amides is 1. The van der Waals surface area contributed by atoms with Crippen LogP contribution < -0.4 is 5.32 Å². The van der Waals surface area contributed by atoms with E-state index in [1.807, 2.05) is 6.92 Å². The molecular formula is C17H24N2O2. The molecule has 1 rings (SSSR count). The average molecular weight is 288 g/mol. The first kappa shape index (κ1) is 17.2. The molecule has 0 aliphatic rings. The first-order valence-electron chi connectivity index (χ1n) is 7.33. The molecule has 0 spiro atoms. The predicted octanol–water partition coefficient (Wildman–Crippen LogP) is 1.49. The second kappa shape index (κ2) is 9.17. The van der Waals surface area contributed by atoms with E-state index in [9.17, 15) is 4.79 Å². The molecule has 1 unspecified atom stereocenters. The molecule has 1 amide bonds. The van der Waals surface area contributed by atoms with Gasteiger partial charge in [-0.2, -0.15) is 0 Å². The monoisotopic (exact) mass is 288 g/mol. The predicted molar refractivity (Wildman–Crippen MR) is 85.1 cm³/mol. The lowest BCUT2D eigenvalue weighted by Gasteiger charge is -2.23. The van der Waals surface area contributed by atoms with Crippen molar-refractivity contribution in [3.05, 3.63) is 35.4 Å². The van der Waals surface area contributed by atoms with Gasteiger partial charge in [-0.15, -0.1) is 0 Å². The van der Waals surface area contributed by atoms with E-state index in [1.54, 1.807) is 24.3 Å². The van der Waals surface area contributed by atoms with E-state index in [1.165, 1.54) is 0 Å². The van der Waals surface area contributed by atoms with Crippen molar-refractivity contribution < 1.29 is 9.90 Å². The summed E-state index contributed by atoms with van der Waals surface area (Å²) >= 11 is 0. The summed E-state index contributed by atoms with van der Waals surface area (Å²) in [5, 5.41) is 11.6. The van der Waals surface area contributed by atoms with Crippen molar-refractivity contribution in [1.82, 2.24) is 10.2 Å². The van der Waals surface area contributed by atoms with Crippen LogP contribution >= 0.6 is 0 Å². The van der Waals surface area contributed by atoms with E-state index in [0.717, 1.165) is 25.2 Å². The van der Waals surface area contributed by atoms with E-state index in [2.05, 4.69) is 35.9 Å². The number of carbonyl (C=O) groups excluding carboxylic acids is 1. The normalized spacial score (nSPS) is 11.7. The molecule has 114 valence electrons. The molecule has 4 heteroatoms. The zero-order valence-electron chi connectivity index (χ0n) is 13.0. The molecule has 0 aliphatic heterocycles. The highest BCUT2D eigenvalue weighted by molar-refractivity contribution is 5.94. The lowest BCUT2D eigenvalue weighted by molar-refractivity contribution is 0.0930. The Labute approximate surface area is 127 Å². The Hall–Kier alpha value is -1.83. The van der Waals surface area contributed by atoms with E-state index in [4.69, 9.17) is 5.11 Å². The number of aliphatic hydroxyl groups excluding tert-OH is 1. The van der Waals surface area contributed by atoms with E-state index < -0.39 is 0 Å². The number of aliphatic hydroxyl groups is 1. The molecule has 0 aromatic heterocycles. The van der Waals surface area contributed by atoms with Crippen molar-refractivity contribution in [1.29, 1.82) is 0 Å². The molecular weight excluding hydrogens is 264 g/mol. The first-order chi connectivity index (χ1) is 10.1. The summed E-state index contributed by atoms with van der Waals surface area (Å²) in [6.45, 7) is 8.89. The van der Waals surface area contributed by atoms with Crippen LogP contribution in [0.25, 0.3) is 0 Å². The Kier molecular flexibility index (Phi) is 7.52. The smallest absolute Gasteiger partial charge is 0.251 e. The Morgan fingerprint density at radius 2 is 1.90 bits per heavy atom. The minimum Gasteiger partial charge on any atom is -0.384 e. The minimum absolute atomic E-state index is 0.0728. The molecule has 0 heterocycles. The molecule has 0 aliphatic carbocycles. The maximum Gasteiger partial charge on any atom is 0.251 e. The average Bonchev–Trinajstić information content (AvgIpc) is 2.50. The van der Waals surface area contributed by atoms with Crippen LogP contribution in [0.4, 0.5) is 0 Å². The molecule has 21 heavy (non-hydrogen) atoms. The number of rotatable bonds is 6. The summed E-state index contributed by atoms with van der Waals surface area (Å²) in [5.41, 5.74) is 1.41. The molecule has 1 atom stereocenters. The van der Waals surface area contributed by atoms with Gasteiger partial charge in [0.25, 0.3) is 5.91 Å². The summed E-state index contributed by atoms with van der Waals surface area (Å²) < 4.78 is 0. The number of benzene rings is 1. The summed E-state index contributed by atoms with van der Waals surface area (Å²) in [6.07, 6.45) is 0. The minimum atomic E-state index is -0.162. The van der Waals surface area contributed by atoms with Crippen molar-refractivity contribution in [2.24, 2.45) is 0 Å². The van der Waals surface area contributed by atoms with Gasteiger partial charge in [-0.05, 0) is 44.3 Å². The van der Waals surface area contributed by atoms with Crippen molar-refractivity contribution in [3.63, 3.8) is 0 Å². The van der Waals surface area contributed by atoms with Gasteiger partial charge in [0, 0.05) is 23.7 Å². The number of likely N-dealkylation sites (N-methyl/N-ethyl adjacent to an activating group) is 1. The first-order valence-corrected chi connectivity index (χ1v) is 7.33. The molecule has 0 radical (unpaired) electrons. The fourth-order valence-corrected chi connectivity index (χ4v) is 2.07. The van der Waals surface area contributed by atoms with Crippen molar-refractivity contribution in [3.8, 4) is 11.8 Å². The van der Waals surface area contributed by atoms with Crippen molar-refractivity contribution in [2.45, 2.75) is 26.8 Å². The van der Waals surface area contributed by atoms with Gasteiger partial charge >= 0.3 is 0 Å². The van der Waals surface area contributed by atoms with Crippen LogP contribution in [0, 0.1) is 11.8 Å². The molecule has 0 saturated heterocycles. The van der Waals surface area contributed by atoms with Crippen LogP contribution in [-0.2, 0) is 0 Å². The fourth-order valence-electron chi connectivity index (χ4n) is 2.07. The van der Waals surface area contributed by atoms with E-state index >= 15 is 0 Å². The Morgan fingerprint density at radius 3 is 2.43 bits per heavy atom. The Bertz CT molecular complexity index is 496. The summed E-state index contributed by atoms with van der Waals surface area (Å²) in [6, 6.07) is 7.17. The van der Waals surface area contributed by atoms with E-state index in [-0.39, 0.29) is 18.6 Å². The van der Waals surface area contributed by atoms with Crippen molar-refractivity contribution in [2.75, 3.05) is 26.2 Å². The molecule has 4 nitrogen and oxygen atoms in total. The topological polar surface area (TPSA) is 52.6 Å². The fraction of sp³-hybridized carbons (Fsp3) is 0.471. The maximum atomic E-state index is 12.1. The van der Waals surface area contributed by atoms with Crippen LogP contribution in [0.1, 0.15) is 36.7 Å². The van der Waals surface area contributed by atoms with Gasteiger partial charge in [0.2, 0.25) is 0 Å². The molecule has 1 aromatic carbocycles. The van der Waals surface area contributed by atoms with Crippen LogP contribution in [0.2, 0.25) is 0 Å².